The average molecular weight is 549 g/mol. The van der Waals surface area contributed by atoms with Gasteiger partial charge in [-0.2, -0.15) is 0 Å². The van der Waals surface area contributed by atoms with E-state index in [4.69, 9.17) is 0 Å². The maximum atomic E-state index is 13.1. The first kappa shape index (κ1) is 36.2. The summed E-state index contributed by atoms with van der Waals surface area (Å²) in [6.07, 6.45) is 35.3. The number of amides is 1. The minimum atomic E-state index is -0.556. The molecule has 0 aromatic carbocycles. The van der Waals surface area contributed by atoms with E-state index in [-0.39, 0.29) is 5.91 Å². The highest BCUT2D eigenvalue weighted by molar-refractivity contribution is 5.77. The molecule has 0 spiro atoms. The van der Waals surface area contributed by atoms with E-state index in [0.29, 0.717) is 6.42 Å². The lowest BCUT2D eigenvalue weighted by Gasteiger charge is -2.41. The van der Waals surface area contributed by atoms with E-state index in [1.165, 1.54) is 128 Å². The van der Waals surface area contributed by atoms with Crippen LogP contribution in [0.1, 0.15) is 181 Å². The third-order valence-corrected chi connectivity index (χ3v) is 8.80. The Kier molecular flexibility index (Phi) is 23.1. The molecule has 1 fully saturated rings. The minimum absolute atomic E-state index is 0.227. The van der Waals surface area contributed by atoms with E-state index in [9.17, 15) is 9.90 Å². The maximum Gasteiger partial charge on any atom is 0.224 e. The molecular weight excluding hydrogens is 480 g/mol. The lowest BCUT2D eigenvalue weighted by atomic mass is 9.94. The number of carbonyl (C=O) groups is 1. The van der Waals surface area contributed by atoms with Gasteiger partial charge >= 0.3 is 0 Å². The van der Waals surface area contributed by atoms with E-state index in [1.54, 1.807) is 0 Å². The monoisotopic (exact) mass is 549 g/mol. The number of aliphatic hydroxyl groups excluding tert-OH is 1. The molecule has 0 aliphatic carbocycles. The highest BCUT2D eigenvalue weighted by Gasteiger charge is 2.46. The van der Waals surface area contributed by atoms with Crippen LogP contribution in [0.15, 0.2) is 12.2 Å². The molecule has 2 atom stereocenters. The predicted molar refractivity (Wildman–Crippen MR) is 170 cm³/mol. The standard InChI is InChI=1S/C35H68N2O2/c1-4-6-8-10-12-14-16-17-18-19-20-21-23-25-27-29-34(39)37-32-31-36-35(37,33(3)38)30-28-26-24-22-15-13-11-9-7-5-2/h17-18,33,36,38H,4-16,19-32H2,1-3H3/b18-17-. The summed E-state index contributed by atoms with van der Waals surface area (Å²) in [6.45, 7) is 7.93. The Morgan fingerprint density at radius 2 is 1.15 bits per heavy atom. The quantitative estimate of drug-likeness (QED) is 0.0793. The summed E-state index contributed by atoms with van der Waals surface area (Å²) in [7, 11) is 0. The normalized spacial score (nSPS) is 18.4. The van der Waals surface area contributed by atoms with Crippen molar-refractivity contribution in [3.63, 3.8) is 0 Å². The van der Waals surface area contributed by atoms with Crippen molar-refractivity contribution in [2.24, 2.45) is 0 Å². The molecule has 1 rings (SSSR count). The second-order valence-electron chi connectivity index (χ2n) is 12.3. The predicted octanol–water partition coefficient (Wildman–Crippen LogP) is 9.84. The Balaban J connectivity index is 2.14. The highest BCUT2D eigenvalue weighted by atomic mass is 16.3. The number of rotatable bonds is 27. The van der Waals surface area contributed by atoms with Gasteiger partial charge in [-0.15, -0.1) is 0 Å². The second kappa shape index (κ2) is 24.9. The number of allylic oxidation sites excluding steroid dienone is 2. The van der Waals surface area contributed by atoms with Crippen molar-refractivity contribution in [1.82, 2.24) is 10.2 Å². The van der Waals surface area contributed by atoms with Gasteiger partial charge in [0.2, 0.25) is 5.91 Å². The van der Waals surface area contributed by atoms with Crippen molar-refractivity contribution in [2.75, 3.05) is 13.1 Å². The van der Waals surface area contributed by atoms with Crippen LogP contribution in [0.4, 0.5) is 0 Å². The summed E-state index contributed by atoms with van der Waals surface area (Å²) in [5.41, 5.74) is -0.556. The SMILES string of the molecule is CCCCCCCC/C=C\CCCCCCCC(=O)N1CCNC1(CCCCCCCCCCCC)C(C)O. The Labute approximate surface area is 244 Å². The lowest BCUT2D eigenvalue weighted by molar-refractivity contribution is -0.141. The molecule has 1 aliphatic heterocycles. The topological polar surface area (TPSA) is 52.6 Å². The summed E-state index contributed by atoms with van der Waals surface area (Å²) in [5.74, 6) is 0.227. The van der Waals surface area contributed by atoms with E-state index in [2.05, 4.69) is 31.3 Å². The van der Waals surface area contributed by atoms with Crippen LogP contribution in [0.25, 0.3) is 0 Å². The van der Waals surface area contributed by atoms with Crippen LogP contribution in [0, 0.1) is 0 Å². The van der Waals surface area contributed by atoms with Crippen LogP contribution in [-0.4, -0.2) is 40.8 Å². The fourth-order valence-electron chi connectivity index (χ4n) is 6.20. The van der Waals surface area contributed by atoms with Gasteiger partial charge in [-0.05, 0) is 51.9 Å². The summed E-state index contributed by atoms with van der Waals surface area (Å²) >= 11 is 0. The molecule has 1 amide bonds. The third-order valence-electron chi connectivity index (χ3n) is 8.80. The van der Waals surface area contributed by atoms with E-state index < -0.39 is 11.8 Å². The van der Waals surface area contributed by atoms with Gasteiger partial charge in [0.15, 0.2) is 0 Å². The molecule has 1 heterocycles. The first-order chi connectivity index (χ1) is 19.1. The van der Waals surface area contributed by atoms with Crippen LogP contribution in [0.3, 0.4) is 0 Å². The fraction of sp³-hybridized carbons (Fsp3) is 0.914. The minimum Gasteiger partial charge on any atom is -0.390 e. The molecule has 0 bridgehead atoms. The molecule has 2 unspecified atom stereocenters. The number of carbonyl (C=O) groups excluding carboxylic acids is 1. The molecule has 2 N–H and O–H groups in total. The molecule has 1 aliphatic rings. The largest absolute Gasteiger partial charge is 0.390 e. The van der Waals surface area contributed by atoms with Gasteiger partial charge in [-0.1, -0.05) is 135 Å². The van der Waals surface area contributed by atoms with Crippen LogP contribution in [-0.2, 0) is 4.79 Å². The Morgan fingerprint density at radius 1 is 0.718 bits per heavy atom. The summed E-state index contributed by atoms with van der Waals surface area (Å²) in [6, 6.07) is 0. The first-order valence-corrected chi connectivity index (χ1v) is 17.5. The maximum absolute atomic E-state index is 13.1. The molecule has 0 aromatic rings. The van der Waals surface area contributed by atoms with E-state index >= 15 is 0 Å². The van der Waals surface area contributed by atoms with Crippen molar-refractivity contribution in [3.8, 4) is 0 Å². The third kappa shape index (κ3) is 16.9. The van der Waals surface area contributed by atoms with Crippen molar-refractivity contribution < 1.29 is 9.90 Å². The molecule has 1 saturated heterocycles. The van der Waals surface area contributed by atoms with Crippen LogP contribution >= 0.6 is 0 Å². The Hall–Kier alpha value is -0.870. The van der Waals surface area contributed by atoms with Gasteiger partial charge in [0, 0.05) is 19.5 Å². The van der Waals surface area contributed by atoms with Gasteiger partial charge in [-0.25, -0.2) is 0 Å². The molecule has 39 heavy (non-hydrogen) atoms. The number of nitrogens with zero attached hydrogens (tertiary/aromatic N) is 1. The van der Waals surface area contributed by atoms with Crippen molar-refractivity contribution in [2.45, 2.75) is 193 Å². The molecular formula is C35H68N2O2. The molecule has 0 aromatic heterocycles. The molecule has 4 heteroatoms. The van der Waals surface area contributed by atoms with Crippen molar-refractivity contribution in [1.29, 1.82) is 0 Å². The van der Waals surface area contributed by atoms with Crippen LogP contribution in [0.2, 0.25) is 0 Å². The fourth-order valence-corrected chi connectivity index (χ4v) is 6.20. The van der Waals surface area contributed by atoms with Gasteiger partial charge in [0.05, 0.1) is 6.10 Å². The van der Waals surface area contributed by atoms with Gasteiger partial charge in [0.25, 0.3) is 0 Å². The van der Waals surface area contributed by atoms with Gasteiger partial charge < -0.3 is 10.0 Å². The van der Waals surface area contributed by atoms with E-state index in [1.807, 2.05) is 11.8 Å². The molecule has 4 nitrogen and oxygen atoms in total. The number of aliphatic hydroxyl groups is 1. The second-order valence-corrected chi connectivity index (χ2v) is 12.3. The molecule has 230 valence electrons. The smallest absolute Gasteiger partial charge is 0.224 e. The average Bonchev–Trinajstić information content (AvgIpc) is 3.37. The lowest BCUT2D eigenvalue weighted by Crippen LogP contribution is -2.60. The summed E-state index contributed by atoms with van der Waals surface area (Å²) < 4.78 is 0. The Morgan fingerprint density at radius 3 is 1.64 bits per heavy atom. The van der Waals surface area contributed by atoms with Crippen molar-refractivity contribution in [3.05, 3.63) is 12.2 Å². The van der Waals surface area contributed by atoms with Gasteiger partial charge in [0.1, 0.15) is 5.66 Å². The first-order valence-electron chi connectivity index (χ1n) is 17.5. The van der Waals surface area contributed by atoms with Crippen LogP contribution in [0.5, 0.6) is 0 Å². The summed E-state index contributed by atoms with van der Waals surface area (Å²) in [4.78, 5) is 15.1. The zero-order valence-corrected chi connectivity index (χ0v) is 26.6. The molecule has 0 saturated carbocycles. The number of hydrogen-bond donors (Lipinski definition) is 2. The number of nitrogens with one attached hydrogen (secondary N) is 1. The Bertz CT molecular complexity index is 591. The zero-order valence-electron chi connectivity index (χ0n) is 26.6. The van der Waals surface area contributed by atoms with Crippen molar-refractivity contribution >= 4 is 5.91 Å². The van der Waals surface area contributed by atoms with Crippen LogP contribution < -0.4 is 5.32 Å². The zero-order chi connectivity index (χ0) is 28.4. The van der Waals surface area contributed by atoms with Gasteiger partial charge in [-0.3, -0.25) is 10.1 Å². The number of hydrogen-bond acceptors (Lipinski definition) is 3. The number of unbranched alkanes of at least 4 members (excludes halogenated alkanes) is 20. The summed E-state index contributed by atoms with van der Waals surface area (Å²) in [5, 5.41) is 14.2. The van der Waals surface area contributed by atoms with E-state index in [0.717, 1.165) is 38.8 Å². The highest BCUT2D eigenvalue weighted by Crippen LogP contribution is 2.29. The molecule has 0 radical (unpaired) electrons.